The average molecular weight is 350 g/mol. The van der Waals surface area contributed by atoms with Gasteiger partial charge in [-0.15, -0.1) is 0 Å². The molecule has 2 aromatic rings. The molecule has 0 aliphatic heterocycles. The summed E-state index contributed by atoms with van der Waals surface area (Å²) in [5.41, 5.74) is 0.452. The summed E-state index contributed by atoms with van der Waals surface area (Å²) in [6.45, 7) is 1.47. The van der Waals surface area contributed by atoms with Crippen LogP contribution in [-0.2, 0) is 0 Å². The van der Waals surface area contributed by atoms with E-state index in [4.69, 9.17) is 11.6 Å². The van der Waals surface area contributed by atoms with Gasteiger partial charge < -0.3 is 0 Å². The minimum absolute atomic E-state index is 0.0457. The van der Waals surface area contributed by atoms with Gasteiger partial charge >= 0.3 is 0 Å². The van der Waals surface area contributed by atoms with E-state index in [1.165, 1.54) is 19.1 Å². The molecule has 0 spiro atoms. The first-order chi connectivity index (χ1) is 8.90. The normalized spacial score (nSPS) is 12.5. The van der Waals surface area contributed by atoms with E-state index in [0.29, 0.717) is 0 Å². The first-order valence-corrected chi connectivity index (χ1v) is 6.74. The molecule has 5 heteroatoms. The highest BCUT2D eigenvalue weighted by Gasteiger charge is 2.20. The predicted molar refractivity (Wildman–Crippen MR) is 73.3 cm³/mol. The van der Waals surface area contributed by atoms with Gasteiger partial charge in [0.2, 0.25) is 0 Å². The van der Waals surface area contributed by atoms with Gasteiger partial charge in [0.05, 0.1) is 4.83 Å². The van der Waals surface area contributed by atoms with E-state index in [1.54, 1.807) is 0 Å². The summed E-state index contributed by atoms with van der Waals surface area (Å²) < 4.78 is 41.1. The summed E-state index contributed by atoms with van der Waals surface area (Å²) in [7, 11) is 0. The van der Waals surface area contributed by atoms with E-state index in [-0.39, 0.29) is 21.7 Å². The fourth-order valence-electron chi connectivity index (χ4n) is 1.73. The highest BCUT2D eigenvalue weighted by Crippen LogP contribution is 2.35. The van der Waals surface area contributed by atoms with Crippen LogP contribution in [0.25, 0.3) is 0 Å². The van der Waals surface area contributed by atoms with Crippen LogP contribution in [0.2, 0.25) is 5.02 Å². The van der Waals surface area contributed by atoms with Crippen molar-refractivity contribution in [1.29, 1.82) is 0 Å². The fourth-order valence-corrected chi connectivity index (χ4v) is 2.61. The van der Waals surface area contributed by atoms with E-state index in [1.807, 2.05) is 0 Å². The second-order valence-corrected chi connectivity index (χ2v) is 5.50. The Kier molecular flexibility index (Phi) is 4.21. The molecule has 0 radical (unpaired) electrons. The van der Waals surface area contributed by atoms with Crippen LogP contribution in [-0.4, -0.2) is 0 Å². The minimum atomic E-state index is -0.778. The van der Waals surface area contributed by atoms with E-state index in [0.717, 1.165) is 18.2 Å². The minimum Gasteiger partial charge on any atom is -0.207 e. The van der Waals surface area contributed by atoms with Gasteiger partial charge in [-0.1, -0.05) is 33.6 Å². The van der Waals surface area contributed by atoms with Gasteiger partial charge in [-0.25, -0.2) is 13.2 Å². The van der Waals surface area contributed by atoms with Crippen LogP contribution in [0.3, 0.4) is 0 Å². The lowest BCUT2D eigenvalue weighted by atomic mass is 10.0. The van der Waals surface area contributed by atoms with Crippen molar-refractivity contribution in [3.8, 4) is 0 Å². The molecular formula is C14H9BrClF3. The van der Waals surface area contributed by atoms with Crippen molar-refractivity contribution in [2.24, 2.45) is 0 Å². The van der Waals surface area contributed by atoms with Gasteiger partial charge in [-0.05, 0) is 36.8 Å². The van der Waals surface area contributed by atoms with Crippen LogP contribution in [0.5, 0.6) is 0 Å². The Labute approximate surface area is 122 Å². The van der Waals surface area contributed by atoms with Crippen molar-refractivity contribution in [1.82, 2.24) is 0 Å². The predicted octanol–water partition coefficient (Wildman–Crippen LogP) is 5.55. The summed E-state index contributed by atoms with van der Waals surface area (Å²) in [5, 5.41) is 0.247. The molecule has 0 aromatic heterocycles. The largest absolute Gasteiger partial charge is 0.207 e. The lowest BCUT2D eigenvalue weighted by Crippen LogP contribution is -2.01. The second kappa shape index (κ2) is 5.55. The Hall–Kier alpha value is -1.00. The van der Waals surface area contributed by atoms with Gasteiger partial charge in [0.25, 0.3) is 0 Å². The first kappa shape index (κ1) is 14.4. The summed E-state index contributed by atoms with van der Waals surface area (Å²) in [5.74, 6) is -1.69. The molecule has 1 unspecified atom stereocenters. The van der Waals surface area contributed by atoms with Crippen LogP contribution >= 0.6 is 27.5 Å². The molecule has 2 rings (SSSR count). The smallest absolute Gasteiger partial charge is 0.129 e. The number of benzene rings is 2. The third-order valence-corrected chi connectivity index (χ3v) is 4.01. The van der Waals surface area contributed by atoms with Crippen LogP contribution in [0.15, 0.2) is 30.3 Å². The van der Waals surface area contributed by atoms with Crippen molar-refractivity contribution in [3.63, 3.8) is 0 Å². The Morgan fingerprint density at radius 3 is 2.21 bits per heavy atom. The average Bonchev–Trinajstić information content (AvgIpc) is 2.33. The maximum absolute atomic E-state index is 13.8. The Balaban J connectivity index is 2.49. The quantitative estimate of drug-likeness (QED) is 0.624. The maximum atomic E-state index is 13.8. The van der Waals surface area contributed by atoms with Crippen molar-refractivity contribution in [3.05, 3.63) is 69.5 Å². The highest BCUT2D eigenvalue weighted by atomic mass is 79.9. The molecule has 1 atom stereocenters. The zero-order valence-electron chi connectivity index (χ0n) is 9.85. The maximum Gasteiger partial charge on any atom is 0.129 e. The number of rotatable bonds is 2. The summed E-state index contributed by atoms with van der Waals surface area (Å²) in [6, 6.07) is 6.23. The zero-order chi connectivity index (χ0) is 14.2. The Morgan fingerprint density at radius 2 is 1.58 bits per heavy atom. The molecule has 0 aliphatic rings. The lowest BCUT2D eigenvalue weighted by molar-refractivity contribution is 0.576. The third-order valence-electron chi connectivity index (χ3n) is 2.79. The molecule has 2 aromatic carbocycles. The fraction of sp³-hybridized carbons (Fsp3) is 0.143. The van der Waals surface area contributed by atoms with Crippen LogP contribution in [0, 0.1) is 24.4 Å². The zero-order valence-corrected chi connectivity index (χ0v) is 12.2. The van der Waals surface area contributed by atoms with Crippen LogP contribution in [0.1, 0.15) is 21.5 Å². The standard InChI is InChI=1S/C14H9BrClF3/c1-7-4-12(18)10(6-11(7)17)14(15)9-3-2-8(16)5-13(9)19/h2-6,14H,1H3. The van der Waals surface area contributed by atoms with Gasteiger partial charge in [-0.2, -0.15) is 0 Å². The van der Waals surface area contributed by atoms with Crippen LogP contribution < -0.4 is 0 Å². The Morgan fingerprint density at radius 1 is 0.947 bits per heavy atom. The number of hydrogen-bond acceptors (Lipinski definition) is 0. The monoisotopic (exact) mass is 348 g/mol. The Bertz CT molecular complexity index is 628. The molecule has 0 saturated heterocycles. The van der Waals surface area contributed by atoms with E-state index in [2.05, 4.69) is 15.9 Å². The van der Waals surface area contributed by atoms with Gasteiger partial charge in [0, 0.05) is 16.1 Å². The molecule has 0 amide bonds. The molecule has 0 N–H and O–H groups in total. The summed E-state index contributed by atoms with van der Waals surface area (Å²) in [4.78, 5) is -0.778. The molecule has 0 aliphatic carbocycles. The second-order valence-electron chi connectivity index (χ2n) is 4.15. The van der Waals surface area contributed by atoms with Gasteiger partial charge in [0.15, 0.2) is 0 Å². The molecule has 0 bridgehead atoms. The number of halogens is 5. The molecule has 0 saturated carbocycles. The van der Waals surface area contributed by atoms with Crippen molar-refractivity contribution in [2.45, 2.75) is 11.8 Å². The van der Waals surface area contributed by atoms with Crippen molar-refractivity contribution < 1.29 is 13.2 Å². The molecule has 100 valence electrons. The molecular weight excluding hydrogens is 341 g/mol. The lowest BCUT2D eigenvalue weighted by Gasteiger charge is -2.14. The van der Waals surface area contributed by atoms with E-state index < -0.39 is 22.3 Å². The van der Waals surface area contributed by atoms with Crippen molar-refractivity contribution in [2.75, 3.05) is 0 Å². The van der Waals surface area contributed by atoms with E-state index in [9.17, 15) is 13.2 Å². The highest BCUT2D eigenvalue weighted by molar-refractivity contribution is 9.09. The number of aryl methyl sites for hydroxylation is 1. The molecule has 0 fully saturated rings. The SMILES string of the molecule is Cc1cc(F)c(C(Br)c2ccc(Cl)cc2F)cc1F. The summed E-state index contributed by atoms with van der Waals surface area (Å²) in [6.07, 6.45) is 0. The third kappa shape index (κ3) is 2.95. The van der Waals surface area contributed by atoms with Crippen molar-refractivity contribution >= 4 is 27.5 Å². The van der Waals surface area contributed by atoms with Gasteiger partial charge in [-0.3, -0.25) is 0 Å². The molecule has 19 heavy (non-hydrogen) atoms. The van der Waals surface area contributed by atoms with E-state index >= 15 is 0 Å². The van der Waals surface area contributed by atoms with Gasteiger partial charge in [0.1, 0.15) is 17.5 Å². The topological polar surface area (TPSA) is 0 Å². The number of hydrogen-bond donors (Lipinski definition) is 0. The number of alkyl halides is 1. The molecule has 0 nitrogen and oxygen atoms in total. The first-order valence-electron chi connectivity index (χ1n) is 5.44. The molecule has 0 heterocycles. The van der Waals surface area contributed by atoms with Crippen LogP contribution in [0.4, 0.5) is 13.2 Å². The summed E-state index contributed by atoms with van der Waals surface area (Å²) >= 11 is 8.84.